The molecule has 0 saturated heterocycles. The zero-order valence-electron chi connectivity index (χ0n) is 13.0. The summed E-state index contributed by atoms with van der Waals surface area (Å²) < 4.78 is 11.0. The second-order valence-corrected chi connectivity index (χ2v) is 6.81. The quantitative estimate of drug-likeness (QED) is 0.871. The van der Waals surface area contributed by atoms with Crippen molar-refractivity contribution < 1.29 is 9.47 Å². The number of benzene rings is 1. The molecule has 0 radical (unpaired) electrons. The van der Waals surface area contributed by atoms with Crippen LogP contribution in [0.25, 0.3) is 0 Å². The van der Waals surface area contributed by atoms with Crippen molar-refractivity contribution in [1.82, 2.24) is 5.32 Å². The summed E-state index contributed by atoms with van der Waals surface area (Å²) in [6.45, 7) is 3.61. The highest BCUT2D eigenvalue weighted by atomic mass is 16.5. The van der Waals surface area contributed by atoms with Crippen molar-refractivity contribution in [2.24, 2.45) is 23.7 Å². The average Bonchev–Trinajstić information content (AvgIpc) is 2.89. The Hall–Kier alpha value is -1.22. The van der Waals surface area contributed by atoms with E-state index in [1.54, 1.807) is 7.11 Å². The van der Waals surface area contributed by atoms with Crippen LogP contribution in [0.1, 0.15) is 31.7 Å². The van der Waals surface area contributed by atoms with Crippen molar-refractivity contribution in [2.75, 3.05) is 13.7 Å². The van der Waals surface area contributed by atoms with Gasteiger partial charge in [-0.1, -0.05) is 6.07 Å². The first kappa shape index (κ1) is 13.4. The van der Waals surface area contributed by atoms with Crippen molar-refractivity contribution >= 4 is 0 Å². The molecule has 3 aliphatic rings. The second kappa shape index (κ2) is 5.20. The first-order valence-corrected chi connectivity index (χ1v) is 8.35. The lowest BCUT2D eigenvalue weighted by Gasteiger charge is -2.13. The van der Waals surface area contributed by atoms with E-state index in [-0.39, 0.29) is 0 Å². The van der Waals surface area contributed by atoms with Gasteiger partial charge >= 0.3 is 0 Å². The topological polar surface area (TPSA) is 30.5 Å². The van der Waals surface area contributed by atoms with Gasteiger partial charge in [-0.3, -0.25) is 0 Å². The van der Waals surface area contributed by atoms with E-state index in [0.717, 1.165) is 47.8 Å². The molecule has 4 unspecified atom stereocenters. The minimum Gasteiger partial charge on any atom is -0.493 e. The van der Waals surface area contributed by atoms with E-state index in [9.17, 15) is 0 Å². The van der Waals surface area contributed by atoms with Gasteiger partial charge in [-0.25, -0.2) is 0 Å². The fourth-order valence-electron chi connectivity index (χ4n) is 4.93. The Kier molecular flexibility index (Phi) is 3.33. The van der Waals surface area contributed by atoms with Gasteiger partial charge in [0.2, 0.25) is 0 Å². The highest BCUT2D eigenvalue weighted by molar-refractivity contribution is 5.43. The summed E-state index contributed by atoms with van der Waals surface area (Å²) >= 11 is 0. The van der Waals surface area contributed by atoms with Crippen LogP contribution in [-0.4, -0.2) is 19.8 Å². The van der Waals surface area contributed by atoms with Gasteiger partial charge in [0.15, 0.2) is 11.5 Å². The maximum Gasteiger partial charge on any atom is 0.161 e. The number of ether oxygens (including phenoxy) is 2. The predicted octanol–water partition coefficient (Wildman–Crippen LogP) is 3.23. The number of hydrogen-bond acceptors (Lipinski definition) is 3. The highest BCUT2D eigenvalue weighted by Crippen LogP contribution is 2.65. The van der Waals surface area contributed by atoms with Gasteiger partial charge in [-0.2, -0.15) is 0 Å². The van der Waals surface area contributed by atoms with Crippen LogP contribution in [0.5, 0.6) is 11.5 Å². The van der Waals surface area contributed by atoms with Gasteiger partial charge in [0.25, 0.3) is 0 Å². The summed E-state index contributed by atoms with van der Waals surface area (Å²) in [7, 11) is 1.71. The molecular formula is C18H25NO2. The number of methoxy groups -OCH3 is 1. The standard InChI is InChI=1S/C18H25NO2/c1-3-21-14-7-4-11(8-15(14)20-2)10-19-18-16-12-5-6-13(9-12)17(16)18/h4,7-8,12-13,16-19H,3,5-6,9-10H2,1-2H3. The van der Waals surface area contributed by atoms with Crippen molar-refractivity contribution in [3.63, 3.8) is 0 Å². The molecule has 114 valence electrons. The molecular weight excluding hydrogens is 262 g/mol. The Bertz CT molecular complexity index is 514. The third-order valence-corrected chi connectivity index (χ3v) is 5.81. The Morgan fingerprint density at radius 2 is 1.90 bits per heavy atom. The van der Waals surface area contributed by atoms with Crippen LogP contribution in [0.4, 0.5) is 0 Å². The van der Waals surface area contributed by atoms with Crippen LogP contribution in [-0.2, 0) is 6.54 Å². The van der Waals surface area contributed by atoms with Gasteiger partial charge in [0.05, 0.1) is 13.7 Å². The Morgan fingerprint density at radius 3 is 2.57 bits per heavy atom. The summed E-state index contributed by atoms with van der Waals surface area (Å²) in [5.41, 5.74) is 1.28. The fraction of sp³-hybridized carbons (Fsp3) is 0.667. The van der Waals surface area contributed by atoms with Crippen LogP contribution in [0.3, 0.4) is 0 Å². The number of hydrogen-bond donors (Lipinski definition) is 1. The minimum atomic E-state index is 0.669. The lowest BCUT2D eigenvalue weighted by atomic mass is 10.0. The molecule has 4 atom stereocenters. The first-order chi connectivity index (χ1) is 10.3. The van der Waals surface area contributed by atoms with Crippen LogP contribution in [0.2, 0.25) is 0 Å². The van der Waals surface area contributed by atoms with Gasteiger partial charge in [-0.05, 0) is 67.6 Å². The number of fused-ring (bicyclic) bond motifs is 5. The van der Waals surface area contributed by atoms with Crippen molar-refractivity contribution in [3.05, 3.63) is 23.8 Å². The molecule has 4 rings (SSSR count). The molecule has 0 amide bonds. The summed E-state index contributed by atoms with van der Waals surface area (Å²) in [4.78, 5) is 0. The molecule has 3 heteroatoms. The van der Waals surface area contributed by atoms with Gasteiger partial charge in [0.1, 0.15) is 0 Å². The van der Waals surface area contributed by atoms with Crippen molar-refractivity contribution in [3.8, 4) is 11.5 Å². The van der Waals surface area contributed by atoms with Gasteiger partial charge in [-0.15, -0.1) is 0 Å². The smallest absolute Gasteiger partial charge is 0.161 e. The minimum absolute atomic E-state index is 0.669. The molecule has 0 aliphatic heterocycles. The highest BCUT2D eigenvalue weighted by Gasteiger charge is 2.64. The lowest BCUT2D eigenvalue weighted by Crippen LogP contribution is -2.22. The maximum absolute atomic E-state index is 5.57. The molecule has 3 saturated carbocycles. The van der Waals surface area contributed by atoms with Crippen molar-refractivity contribution in [1.29, 1.82) is 0 Å². The van der Waals surface area contributed by atoms with E-state index in [1.165, 1.54) is 24.8 Å². The van der Waals surface area contributed by atoms with E-state index < -0.39 is 0 Å². The third kappa shape index (κ3) is 2.22. The molecule has 1 aromatic carbocycles. The fourth-order valence-corrected chi connectivity index (χ4v) is 4.93. The van der Waals surface area contributed by atoms with E-state index >= 15 is 0 Å². The van der Waals surface area contributed by atoms with E-state index in [1.807, 2.05) is 13.0 Å². The van der Waals surface area contributed by atoms with Crippen LogP contribution in [0.15, 0.2) is 18.2 Å². The largest absolute Gasteiger partial charge is 0.493 e. The monoisotopic (exact) mass is 287 g/mol. The molecule has 3 nitrogen and oxygen atoms in total. The normalized spacial score (nSPS) is 35.6. The Morgan fingerprint density at radius 1 is 1.14 bits per heavy atom. The van der Waals surface area contributed by atoms with E-state index in [0.29, 0.717) is 6.61 Å². The second-order valence-electron chi connectivity index (χ2n) is 6.81. The molecule has 1 N–H and O–H groups in total. The molecule has 21 heavy (non-hydrogen) atoms. The predicted molar refractivity (Wildman–Crippen MR) is 82.6 cm³/mol. The Labute approximate surface area is 127 Å². The first-order valence-electron chi connectivity index (χ1n) is 8.35. The molecule has 0 heterocycles. The molecule has 1 aromatic rings. The summed E-state index contributed by atoms with van der Waals surface area (Å²) in [5, 5.41) is 3.78. The zero-order valence-corrected chi connectivity index (χ0v) is 13.0. The third-order valence-electron chi connectivity index (χ3n) is 5.81. The summed E-state index contributed by atoms with van der Waals surface area (Å²) in [5.74, 6) is 5.73. The van der Waals surface area contributed by atoms with Gasteiger partial charge in [0, 0.05) is 12.6 Å². The SMILES string of the molecule is CCOc1ccc(CNC2C3C4CCC(C4)C23)cc1OC. The average molecular weight is 287 g/mol. The zero-order chi connectivity index (χ0) is 14.4. The van der Waals surface area contributed by atoms with Crippen molar-refractivity contribution in [2.45, 2.75) is 38.8 Å². The van der Waals surface area contributed by atoms with E-state index in [4.69, 9.17) is 9.47 Å². The Balaban J connectivity index is 1.37. The molecule has 2 bridgehead atoms. The van der Waals surface area contributed by atoms with Crippen LogP contribution < -0.4 is 14.8 Å². The maximum atomic E-state index is 5.57. The molecule has 3 fully saturated rings. The van der Waals surface area contributed by atoms with E-state index in [2.05, 4.69) is 17.4 Å². The van der Waals surface area contributed by atoms with Crippen LogP contribution >= 0.6 is 0 Å². The number of nitrogens with one attached hydrogen (secondary N) is 1. The summed E-state index contributed by atoms with van der Waals surface area (Å²) in [6, 6.07) is 7.06. The summed E-state index contributed by atoms with van der Waals surface area (Å²) in [6.07, 6.45) is 4.49. The number of rotatable bonds is 6. The molecule has 3 aliphatic carbocycles. The lowest BCUT2D eigenvalue weighted by molar-refractivity contribution is 0.310. The molecule has 0 aromatic heterocycles. The van der Waals surface area contributed by atoms with Gasteiger partial charge < -0.3 is 14.8 Å². The molecule has 0 spiro atoms. The van der Waals surface area contributed by atoms with Crippen LogP contribution in [0, 0.1) is 23.7 Å².